The minimum Gasteiger partial charge on any atom is -0.374 e. The Kier molecular flexibility index (Phi) is 3.76. The van der Waals surface area contributed by atoms with Gasteiger partial charge in [0.2, 0.25) is 0 Å². The summed E-state index contributed by atoms with van der Waals surface area (Å²) >= 11 is 0. The number of hydrogen-bond acceptors (Lipinski definition) is 3. The van der Waals surface area contributed by atoms with Crippen molar-refractivity contribution in [2.45, 2.75) is 50.8 Å². The second kappa shape index (κ2) is 5.51. The van der Waals surface area contributed by atoms with Gasteiger partial charge in [0.15, 0.2) is 0 Å². The van der Waals surface area contributed by atoms with E-state index in [4.69, 9.17) is 10.5 Å². The summed E-state index contributed by atoms with van der Waals surface area (Å²) in [6, 6.07) is 9.44. The Balaban J connectivity index is 1.79. The zero-order valence-electron chi connectivity index (χ0n) is 11.7. The van der Waals surface area contributed by atoms with E-state index in [1.807, 2.05) is 6.92 Å². The standard InChI is InChI=1S/C16H24N2O/c1-12(17)13-6-8-14(9-7-13)18-10-11-19-16-5-3-2-4-15(16)18/h6-9,12,15-16H,2-5,10-11,17H2,1H3. The number of nitrogens with two attached hydrogens (primary N) is 1. The zero-order valence-corrected chi connectivity index (χ0v) is 11.7. The van der Waals surface area contributed by atoms with Crippen molar-refractivity contribution in [2.24, 2.45) is 5.73 Å². The SMILES string of the molecule is CC(N)c1ccc(N2CCOC3CCCCC32)cc1. The van der Waals surface area contributed by atoms with Crippen molar-refractivity contribution in [2.75, 3.05) is 18.1 Å². The summed E-state index contributed by atoms with van der Waals surface area (Å²) in [5.41, 5.74) is 8.44. The Morgan fingerprint density at radius 3 is 2.68 bits per heavy atom. The molecule has 1 aromatic carbocycles. The lowest BCUT2D eigenvalue weighted by Crippen LogP contribution is -2.52. The monoisotopic (exact) mass is 260 g/mol. The summed E-state index contributed by atoms with van der Waals surface area (Å²) in [6.45, 7) is 3.90. The lowest BCUT2D eigenvalue weighted by molar-refractivity contribution is -0.00867. The number of morpholine rings is 1. The lowest BCUT2D eigenvalue weighted by Gasteiger charge is -2.45. The molecule has 104 valence electrons. The highest BCUT2D eigenvalue weighted by Crippen LogP contribution is 2.32. The van der Waals surface area contributed by atoms with E-state index in [0.29, 0.717) is 12.1 Å². The predicted molar refractivity (Wildman–Crippen MR) is 78.4 cm³/mol. The topological polar surface area (TPSA) is 38.5 Å². The Hall–Kier alpha value is -1.06. The highest BCUT2D eigenvalue weighted by Gasteiger charge is 2.34. The molecule has 19 heavy (non-hydrogen) atoms. The molecule has 3 unspecified atom stereocenters. The average molecular weight is 260 g/mol. The van der Waals surface area contributed by atoms with Crippen LogP contribution in [-0.4, -0.2) is 25.3 Å². The van der Waals surface area contributed by atoms with Crippen LogP contribution >= 0.6 is 0 Å². The maximum absolute atomic E-state index is 5.93. The average Bonchev–Trinajstić information content (AvgIpc) is 2.47. The van der Waals surface area contributed by atoms with Gasteiger partial charge < -0.3 is 15.4 Å². The van der Waals surface area contributed by atoms with Crippen LogP contribution in [0.1, 0.15) is 44.2 Å². The van der Waals surface area contributed by atoms with Crippen LogP contribution in [0, 0.1) is 0 Å². The number of fused-ring (bicyclic) bond motifs is 1. The molecule has 0 bridgehead atoms. The molecule has 2 N–H and O–H groups in total. The molecule has 1 aliphatic carbocycles. The fourth-order valence-corrected chi connectivity index (χ4v) is 3.39. The summed E-state index contributed by atoms with van der Waals surface area (Å²) < 4.78 is 5.93. The summed E-state index contributed by atoms with van der Waals surface area (Å²) in [5.74, 6) is 0. The highest BCUT2D eigenvalue weighted by molar-refractivity contribution is 5.49. The van der Waals surface area contributed by atoms with Crippen LogP contribution in [0.3, 0.4) is 0 Å². The number of nitrogens with zero attached hydrogens (tertiary/aromatic N) is 1. The number of rotatable bonds is 2. The summed E-state index contributed by atoms with van der Waals surface area (Å²) in [4.78, 5) is 2.54. The van der Waals surface area contributed by atoms with E-state index in [2.05, 4.69) is 29.2 Å². The van der Waals surface area contributed by atoms with E-state index < -0.39 is 0 Å². The fourth-order valence-electron chi connectivity index (χ4n) is 3.39. The van der Waals surface area contributed by atoms with Gasteiger partial charge in [-0.05, 0) is 37.5 Å². The first-order valence-corrected chi connectivity index (χ1v) is 7.49. The van der Waals surface area contributed by atoms with Gasteiger partial charge in [0.1, 0.15) is 0 Å². The first kappa shape index (κ1) is 12.9. The fraction of sp³-hybridized carbons (Fsp3) is 0.625. The molecule has 0 spiro atoms. The minimum atomic E-state index is 0.112. The van der Waals surface area contributed by atoms with Crippen LogP contribution in [0.25, 0.3) is 0 Å². The van der Waals surface area contributed by atoms with Crippen LogP contribution < -0.4 is 10.6 Å². The third-order valence-electron chi connectivity index (χ3n) is 4.48. The van der Waals surface area contributed by atoms with Crippen LogP contribution in [0.15, 0.2) is 24.3 Å². The van der Waals surface area contributed by atoms with Crippen LogP contribution in [0.4, 0.5) is 5.69 Å². The molecule has 3 nitrogen and oxygen atoms in total. The predicted octanol–water partition coefficient (Wildman–Crippen LogP) is 2.85. The number of hydrogen-bond donors (Lipinski definition) is 1. The van der Waals surface area contributed by atoms with Gasteiger partial charge in [0.05, 0.1) is 18.8 Å². The van der Waals surface area contributed by atoms with Crippen LogP contribution in [0.2, 0.25) is 0 Å². The van der Waals surface area contributed by atoms with Crippen molar-refractivity contribution in [1.29, 1.82) is 0 Å². The zero-order chi connectivity index (χ0) is 13.2. The smallest absolute Gasteiger partial charge is 0.0779 e. The van der Waals surface area contributed by atoms with Gasteiger partial charge in [-0.25, -0.2) is 0 Å². The molecule has 1 saturated heterocycles. The van der Waals surface area contributed by atoms with Crippen molar-refractivity contribution < 1.29 is 4.74 Å². The third kappa shape index (κ3) is 2.63. The van der Waals surface area contributed by atoms with E-state index in [0.717, 1.165) is 13.2 Å². The summed E-state index contributed by atoms with van der Waals surface area (Å²) in [5, 5.41) is 0. The first-order valence-electron chi connectivity index (χ1n) is 7.49. The van der Waals surface area contributed by atoms with Gasteiger partial charge in [-0.15, -0.1) is 0 Å². The quantitative estimate of drug-likeness (QED) is 0.888. The van der Waals surface area contributed by atoms with Gasteiger partial charge in [0.25, 0.3) is 0 Å². The highest BCUT2D eigenvalue weighted by atomic mass is 16.5. The van der Waals surface area contributed by atoms with Gasteiger partial charge in [-0.2, -0.15) is 0 Å². The van der Waals surface area contributed by atoms with Crippen molar-refractivity contribution in [1.82, 2.24) is 0 Å². The van der Waals surface area contributed by atoms with Crippen molar-refractivity contribution in [3.8, 4) is 0 Å². The number of benzene rings is 1. The second-order valence-corrected chi connectivity index (χ2v) is 5.83. The van der Waals surface area contributed by atoms with Crippen molar-refractivity contribution >= 4 is 5.69 Å². The molecule has 3 heteroatoms. The third-order valence-corrected chi connectivity index (χ3v) is 4.48. The molecule has 0 aromatic heterocycles. The molecule has 1 saturated carbocycles. The van der Waals surface area contributed by atoms with Gasteiger partial charge in [0, 0.05) is 18.3 Å². The molecule has 0 amide bonds. The molecule has 1 aromatic rings. The van der Waals surface area contributed by atoms with Gasteiger partial charge in [-0.1, -0.05) is 25.0 Å². The van der Waals surface area contributed by atoms with Crippen molar-refractivity contribution in [3.63, 3.8) is 0 Å². The molecule has 2 fully saturated rings. The van der Waals surface area contributed by atoms with E-state index in [-0.39, 0.29) is 6.04 Å². The van der Waals surface area contributed by atoms with E-state index in [1.54, 1.807) is 0 Å². The minimum absolute atomic E-state index is 0.112. The number of anilines is 1. The summed E-state index contributed by atoms with van der Waals surface area (Å²) in [7, 11) is 0. The van der Waals surface area contributed by atoms with Crippen LogP contribution in [-0.2, 0) is 4.74 Å². The first-order chi connectivity index (χ1) is 9.25. The Morgan fingerprint density at radius 2 is 1.95 bits per heavy atom. The second-order valence-electron chi connectivity index (χ2n) is 5.83. The molecule has 3 atom stereocenters. The molecule has 3 rings (SSSR count). The Bertz CT molecular complexity index is 413. The Morgan fingerprint density at radius 1 is 1.21 bits per heavy atom. The molecule has 2 aliphatic rings. The number of ether oxygens (including phenoxy) is 1. The van der Waals surface area contributed by atoms with E-state index in [9.17, 15) is 0 Å². The molecule has 1 heterocycles. The van der Waals surface area contributed by atoms with Gasteiger partial charge in [-0.3, -0.25) is 0 Å². The van der Waals surface area contributed by atoms with Crippen molar-refractivity contribution in [3.05, 3.63) is 29.8 Å². The van der Waals surface area contributed by atoms with Gasteiger partial charge >= 0.3 is 0 Å². The molecule has 1 aliphatic heterocycles. The molecule has 0 radical (unpaired) electrons. The van der Waals surface area contributed by atoms with E-state index in [1.165, 1.54) is 36.9 Å². The maximum Gasteiger partial charge on any atom is 0.0779 e. The summed E-state index contributed by atoms with van der Waals surface area (Å²) in [6.07, 6.45) is 5.58. The molecular formula is C16H24N2O. The lowest BCUT2D eigenvalue weighted by atomic mass is 9.89. The van der Waals surface area contributed by atoms with E-state index >= 15 is 0 Å². The Labute approximate surface area is 115 Å². The maximum atomic E-state index is 5.93. The van der Waals surface area contributed by atoms with Crippen LogP contribution in [0.5, 0.6) is 0 Å². The molecular weight excluding hydrogens is 236 g/mol. The largest absolute Gasteiger partial charge is 0.374 e. The normalized spacial score (nSPS) is 28.8.